The van der Waals surface area contributed by atoms with E-state index < -0.39 is 5.66 Å². The van der Waals surface area contributed by atoms with Gasteiger partial charge in [0.15, 0.2) is 5.58 Å². The topological polar surface area (TPSA) is 126 Å². The molecule has 1 aliphatic heterocycles. The molecule has 63 heavy (non-hydrogen) atoms. The first kappa shape index (κ1) is 39.5. The zero-order chi connectivity index (χ0) is 43.6. The summed E-state index contributed by atoms with van der Waals surface area (Å²) < 4.78 is 6.08. The van der Waals surface area contributed by atoms with Gasteiger partial charge in [0, 0.05) is 28.8 Å². The summed E-state index contributed by atoms with van der Waals surface area (Å²) in [5.41, 5.74) is 8.93. The minimum atomic E-state index is -0.757. The van der Waals surface area contributed by atoms with Crippen LogP contribution in [0.3, 0.4) is 0 Å². The highest BCUT2D eigenvalue weighted by molar-refractivity contribution is 6.63. The maximum absolute atomic E-state index is 9.90. The van der Waals surface area contributed by atoms with Crippen molar-refractivity contribution in [3.05, 3.63) is 173 Å². The highest BCUT2D eigenvalue weighted by atomic mass is 16.3. The molecule has 10 rings (SSSR count). The van der Waals surface area contributed by atoms with Crippen molar-refractivity contribution in [2.75, 3.05) is 4.90 Å². The number of aliphatic imine (C=N–C) groups is 2. The van der Waals surface area contributed by atoms with Gasteiger partial charge in [-0.2, -0.15) is 0 Å². The van der Waals surface area contributed by atoms with Crippen molar-refractivity contribution in [2.24, 2.45) is 20.0 Å². The molecule has 0 unspecified atom stereocenters. The molecule has 6 aromatic carbocycles. The molecule has 0 radical (unpaired) electrons. The Hall–Kier alpha value is -7.65. The Kier molecular flexibility index (Phi) is 9.63. The van der Waals surface area contributed by atoms with E-state index in [1.54, 1.807) is 0 Å². The first-order chi connectivity index (χ1) is 30.4. The number of benzene rings is 6. The van der Waals surface area contributed by atoms with Gasteiger partial charge >= 0.3 is 0 Å². The van der Waals surface area contributed by atoms with Crippen LogP contribution in [-0.2, 0) is 0 Å². The van der Waals surface area contributed by atoms with Gasteiger partial charge in [0.2, 0.25) is 5.89 Å². The second-order valence-electron chi connectivity index (χ2n) is 17.2. The number of hydrogen-bond acceptors (Lipinski definition) is 9. The van der Waals surface area contributed by atoms with Gasteiger partial charge in [-0.3, -0.25) is 30.8 Å². The second kappa shape index (κ2) is 15.4. The lowest BCUT2D eigenvalue weighted by Gasteiger charge is -2.34. The summed E-state index contributed by atoms with van der Waals surface area (Å²) >= 11 is 0. The van der Waals surface area contributed by atoms with Crippen molar-refractivity contribution in [1.29, 1.82) is 10.8 Å². The molecule has 308 valence electrons. The molecule has 0 spiro atoms. The molecule has 0 amide bonds. The summed E-state index contributed by atoms with van der Waals surface area (Å²) in [7, 11) is 0. The number of nitrogens with zero attached hydrogens (tertiary/aromatic N) is 6. The Labute approximate surface area is 365 Å². The normalized spacial score (nSPS) is 17.1. The van der Waals surface area contributed by atoms with E-state index in [0.29, 0.717) is 39.8 Å². The second-order valence-corrected chi connectivity index (χ2v) is 17.2. The lowest BCUT2D eigenvalue weighted by molar-refractivity contribution is 0.549. The summed E-state index contributed by atoms with van der Waals surface area (Å²) in [5.74, 6) is 0.564. The largest absolute Gasteiger partial charge is 0.436 e. The molecule has 2 N–H and O–H groups in total. The van der Waals surface area contributed by atoms with Gasteiger partial charge in [-0.1, -0.05) is 66.7 Å². The summed E-state index contributed by atoms with van der Waals surface area (Å²) in [6.07, 6.45) is 9.80. The summed E-state index contributed by atoms with van der Waals surface area (Å²) in [6, 6.07) is 39.1. The van der Waals surface area contributed by atoms with E-state index >= 15 is 0 Å². The fourth-order valence-electron chi connectivity index (χ4n) is 8.55. The van der Waals surface area contributed by atoms with Crippen molar-refractivity contribution < 1.29 is 4.42 Å². The Morgan fingerprint density at radius 3 is 2.03 bits per heavy atom. The zero-order valence-electron chi connectivity index (χ0n) is 36.1. The number of rotatable bonds is 8. The molecule has 2 aliphatic carbocycles. The molecular formula is C54H46N8O. The van der Waals surface area contributed by atoms with E-state index in [1.807, 2.05) is 113 Å². The minimum absolute atomic E-state index is 0.0180. The van der Waals surface area contributed by atoms with Gasteiger partial charge in [-0.25, -0.2) is 4.98 Å². The minimum Gasteiger partial charge on any atom is -0.436 e. The van der Waals surface area contributed by atoms with Gasteiger partial charge < -0.3 is 9.32 Å². The molecule has 9 heteroatoms. The quantitative estimate of drug-likeness (QED) is 0.117. The fraction of sp³-hybridized carbons (Fsp3) is 0.167. The van der Waals surface area contributed by atoms with Crippen LogP contribution in [0.4, 0.5) is 5.69 Å². The predicted molar refractivity (Wildman–Crippen MR) is 259 cm³/mol. The van der Waals surface area contributed by atoms with Crippen LogP contribution >= 0.6 is 0 Å². The van der Waals surface area contributed by atoms with Crippen LogP contribution in [0, 0.1) is 10.8 Å². The molecule has 0 fully saturated rings. The van der Waals surface area contributed by atoms with Crippen molar-refractivity contribution >= 4 is 66.8 Å². The van der Waals surface area contributed by atoms with Gasteiger partial charge in [-0.05, 0) is 153 Å². The molecule has 0 saturated carbocycles. The Bertz CT molecular complexity index is 3380. The molecule has 0 saturated heterocycles. The van der Waals surface area contributed by atoms with E-state index in [4.69, 9.17) is 29.4 Å². The van der Waals surface area contributed by atoms with Crippen LogP contribution in [0.15, 0.2) is 181 Å². The number of aromatic nitrogens is 1. The predicted octanol–water partition coefficient (Wildman–Crippen LogP) is 11.4. The highest BCUT2D eigenvalue weighted by Crippen LogP contribution is 2.35. The van der Waals surface area contributed by atoms with Gasteiger partial charge in [-0.15, -0.1) is 0 Å². The molecule has 2 heterocycles. The maximum atomic E-state index is 9.90. The molecule has 0 atom stereocenters. The van der Waals surface area contributed by atoms with E-state index in [1.165, 1.54) is 10.8 Å². The van der Waals surface area contributed by atoms with Crippen LogP contribution < -0.4 is 15.6 Å². The fourth-order valence-corrected chi connectivity index (χ4v) is 8.55. The zero-order valence-corrected chi connectivity index (χ0v) is 36.1. The average molecular weight is 823 g/mol. The number of oxazole rings is 1. The Morgan fingerprint density at radius 2 is 1.29 bits per heavy atom. The average Bonchev–Trinajstić information content (AvgIpc) is 3.85. The van der Waals surface area contributed by atoms with Crippen LogP contribution in [0.1, 0.15) is 47.1 Å². The number of nitrogens with one attached hydrogen (secondary N) is 2. The Morgan fingerprint density at radius 1 is 0.619 bits per heavy atom. The lowest BCUT2D eigenvalue weighted by Crippen LogP contribution is -2.42. The smallest absolute Gasteiger partial charge is 0.227 e. The lowest BCUT2D eigenvalue weighted by atomic mass is 9.89. The Balaban J connectivity index is 1.14. The van der Waals surface area contributed by atoms with Crippen LogP contribution in [-0.4, -0.2) is 45.6 Å². The van der Waals surface area contributed by atoms with Crippen molar-refractivity contribution in [3.8, 4) is 22.6 Å². The molecule has 0 bridgehead atoms. The highest BCUT2D eigenvalue weighted by Gasteiger charge is 2.34. The van der Waals surface area contributed by atoms with E-state index in [9.17, 15) is 10.8 Å². The van der Waals surface area contributed by atoms with E-state index in [0.717, 1.165) is 60.7 Å². The van der Waals surface area contributed by atoms with Gasteiger partial charge in [0.1, 0.15) is 28.0 Å². The van der Waals surface area contributed by atoms with Crippen LogP contribution in [0.25, 0.3) is 60.8 Å². The third-order valence-corrected chi connectivity index (χ3v) is 11.3. The van der Waals surface area contributed by atoms with Crippen molar-refractivity contribution in [3.63, 3.8) is 0 Å². The first-order valence-electron chi connectivity index (χ1n) is 21.4. The molecule has 1 aromatic heterocycles. The number of hydrogen-bond donors (Lipinski definition) is 2. The monoisotopic (exact) mass is 822 g/mol. The maximum Gasteiger partial charge on any atom is 0.227 e. The van der Waals surface area contributed by atoms with Gasteiger partial charge in [0.25, 0.3) is 0 Å². The summed E-state index contributed by atoms with van der Waals surface area (Å²) in [4.78, 5) is 27.2. The van der Waals surface area contributed by atoms with Crippen LogP contribution in [0.2, 0.25) is 0 Å². The number of fused-ring (bicyclic) bond motifs is 4. The van der Waals surface area contributed by atoms with E-state index in [2.05, 4.69) is 78.9 Å². The van der Waals surface area contributed by atoms with Crippen LogP contribution in [0.5, 0.6) is 0 Å². The number of anilines is 1. The van der Waals surface area contributed by atoms with Crippen molar-refractivity contribution in [2.45, 2.75) is 59.3 Å². The first-order valence-corrected chi connectivity index (χ1v) is 21.4. The third-order valence-electron chi connectivity index (χ3n) is 11.3. The number of para-hydroxylation sites is 2. The van der Waals surface area contributed by atoms with Crippen molar-refractivity contribution in [1.82, 2.24) is 4.98 Å². The summed E-state index contributed by atoms with van der Waals surface area (Å²) in [5, 5.41) is 25.6. The number of allylic oxidation sites excluding steroid dienone is 8. The van der Waals surface area contributed by atoms with E-state index in [-0.39, 0.29) is 17.8 Å². The SMILES string of the molecule is CC(C)N=C1C=CC=C(N(C2=CC=C(c3ccc4cc5ccccc5cc4c3)C(=N)C2=NC(C)C)c2ccc(-c3ccc(-c4nc5ccccc5o4)cc3)c3c2=NC(C)(C)N=3)C1=N. The standard InChI is InChI=1S/C54H46N8O/c1-31(2)57-43-15-11-16-44(49(43)56)62(45-26-24-40(48(55)51(45)58-32(3)4)38-23-22-37-28-35-12-7-8-13-36(35)29-39(37)30-38)46-27-25-41(50-52(46)61-54(5,6)60-50)33-18-20-34(21-19-33)53-59-42-14-9-10-17-47(42)63-53/h7-32,55-56H,1-6H3. The molecule has 7 aromatic rings. The molecule has 9 nitrogen and oxygen atoms in total. The third kappa shape index (κ3) is 7.25. The van der Waals surface area contributed by atoms with Gasteiger partial charge in [0.05, 0.1) is 33.9 Å². The molecular weight excluding hydrogens is 777 g/mol. The molecule has 3 aliphatic rings. The summed E-state index contributed by atoms with van der Waals surface area (Å²) in [6.45, 7) is 12.1.